The molecule has 5 nitrogen and oxygen atoms in total. The zero-order chi connectivity index (χ0) is 13.1. The second-order valence-corrected chi connectivity index (χ2v) is 3.99. The maximum Gasteiger partial charge on any atom is 0.238 e. The summed E-state index contributed by atoms with van der Waals surface area (Å²) in [5.41, 5.74) is 0.690. The second-order valence-electron chi connectivity index (χ2n) is 3.99. The maximum absolute atomic E-state index is 12.1. The quantitative estimate of drug-likeness (QED) is 0.602. The van der Waals surface area contributed by atoms with E-state index in [4.69, 9.17) is 5.26 Å². The Morgan fingerprint density at radius 3 is 2.50 bits per heavy atom. The summed E-state index contributed by atoms with van der Waals surface area (Å²) in [6.07, 6.45) is 0.179. The number of Topliss-reactive ketones (excluding diaryl/α,β-unsaturated/α-hetero) is 2. The van der Waals surface area contributed by atoms with Crippen molar-refractivity contribution in [1.29, 1.82) is 5.26 Å². The van der Waals surface area contributed by atoms with E-state index in [1.807, 2.05) is 6.07 Å². The average molecular weight is 242 g/mol. The molecule has 1 aliphatic rings. The summed E-state index contributed by atoms with van der Waals surface area (Å²) in [5.74, 6) is -2.65. The molecule has 0 bridgehead atoms. The van der Waals surface area contributed by atoms with E-state index in [2.05, 4.69) is 5.32 Å². The first-order chi connectivity index (χ1) is 8.63. The minimum Gasteiger partial charge on any atom is -0.355 e. The van der Waals surface area contributed by atoms with Crippen molar-refractivity contribution in [2.45, 2.75) is 6.42 Å². The summed E-state index contributed by atoms with van der Waals surface area (Å²) in [6, 6.07) is 7.81. The second kappa shape index (κ2) is 4.80. The fraction of sp³-hybridized carbons (Fsp3) is 0.231. The van der Waals surface area contributed by atoms with Gasteiger partial charge in [0, 0.05) is 18.5 Å². The van der Waals surface area contributed by atoms with Crippen molar-refractivity contribution in [3.63, 3.8) is 0 Å². The Labute approximate surface area is 103 Å². The number of ketones is 2. The van der Waals surface area contributed by atoms with Crippen molar-refractivity contribution in [3.8, 4) is 6.07 Å². The predicted octanol–water partition coefficient (Wildman–Crippen LogP) is 0.446. The van der Waals surface area contributed by atoms with Crippen molar-refractivity contribution in [1.82, 2.24) is 5.32 Å². The number of nitriles is 1. The summed E-state index contributed by atoms with van der Waals surface area (Å²) < 4.78 is 0. The molecule has 1 N–H and O–H groups in total. The Morgan fingerprint density at radius 2 is 1.94 bits per heavy atom. The number of carbonyl (C=O) groups excluding carboxylic acids is 3. The van der Waals surface area contributed by atoms with Gasteiger partial charge in [-0.1, -0.05) is 12.1 Å². The Hall–Kier alpha value is -2.48. The molecule has 1 aromatic rings. The number of benzene rings is 1. The van der Waals surface area contributed by atoms with Crippen LogP contribution in [0.4, 0.5) is 0 Å². The van der Waals surface area contributed by atoms with Crippen LogP contribution < -0.4 is 5.32 Å². The minimum atomic E-state index is -1.24. The standard InChI is InChI=1S/C13H10N2O3/c14-7-8-1-3-9(4-2-8)12(17)11-10(16)5-6-15-13(11)18/h1-4,11H,5-6H2,(H,15,18). The number of rotatable bonds is 2. The van der Waals surface area contributed by atoms with Gasteiger partial charge in [-0.2, -0.15) is 5.26 Å². The number of nitrogens with one attached hydrogen (secondary N) is 1. The van der Waals surface area contributed by atoms with Crippen molar-refractivity contribution in [2.75, 3.05) is 6.54 Å². The van der Waals surface area contributed by atoms with Crippen molar-refractivity contribution in [3.05, 3.63) is 35.4 Å². The zero-order valence-electron chi connectivity index (χ0n) is 9.47. The Kier molecular flexibility index (Phi) is 3.20. The maximum atomic E-state index is 12.1. The van der Waals surface area contributed by atoms with E-state index in [0.29, 0.717) is 5.56 Å². The summed E-state index contributed by atoms with van der Waals surface area (Å²) in [5, 5.41) is 11.1. The molecule has 1 aromatic carbocycles. The van der Waals surface area contributed by atoms with Gasteiger partial charge < -0.3 is 5.32 Å². The van der Waals surface area contributed by atoms with Crippen LogP contribution in [0, 0.1) is 17.2 Å². The molecule has 1 amide bonds. The van der Waals surface area contributed by atoms with Crippen LogP contribution in [0.2, 0.25) is 0 Å². The van der Waals surface area contributed by atoms with E-state index in [0.717, 1.165) is 0 Å². The SMILES string of the molecule is N#Cc1ccc(C(=O)C2C(=O)CCNC2=O)cc1. The lowest BCUT2D eigenvalue weighted by Gasteiger charge is -2.19. The third kappa shape index (κ3) is 2.13. The third-order valence-corrected chi connectivity index (χ3v) is 2.82. The van der Waals surface area contributed by atoms with Crippen LogP contribution in [0.5, 0.6) is 0 Å². The fourth-order valence-electron chi connectivity index (χ4n) is 1.84. The van der Waals surface area contributed by atoms with E-state index >= 15 is 0 Å². The Balaban J connectivity index is 2.27. The van der Waals surface area contributed by atoms with Crippen molar-refractivity contribution < 1.29 is 14.4 Å². The number of amides is 1. The van der Waals surface area contributed by atoms with E-state index in [9.17, 15) is 14.4 Å². The molecule has 1 aliphatic heterocycles. The molecule has 0 radical (unpaired) electrons. The largest absolute Gasteiger partial charge is 0.355 e. The molecule has 90 valence electrons. The van der Waals surface area contributed by atoms with Gasteiger partial charge >= 0.3 is 0 Å². The fourth-order valence-corrected chi connectivity index (χ4v) is 1.84. The van der Waals surface area contributed by atoms with Gasteiger partial charge in [0.2, 0.25) is 5.91 Å². The van der Waals surface area contributed by atoms with Gasteiger partial charge in [-0.15, -0.1) is 0 Å². The number of hydrogen-bond acceptors (Lipinski definition) is 4. The highest BCUT2D eigenvalue weighted by Gasteiger charge is 2.36. The van der Waals surface area contributed by atoms with Gasteiger partial charge in [0.1, 0.15) is 0 Å². The Bertz CT molecular complexity index is 539. The molecular weight excluding hydrogens is 232 g/mol. The Morgan fingerprint density at radius 1 is 1.28 bits per heavy atom. The molecule has 1 unspecified atom stereocenters. The summed E-state index contributed by atoms with van der Waals surface area (Å²) in [4.78, 5) is 35.2. The van der Waals surface area contributed by atoms with Gasteiger partial charge in [0.15, 0.2) is 17.5 Å². The van der Waals surface area contributed by atoms with E-state index in [-0.39, 0.29) is 24.3 Å². The van der Waals surface area contributed by atoms with E-state index in [1.165, 1.54) is 24.3 Å². The van der Waals surface area contributed by atoms with Gasteiger partial charge in [-0.05, 0) is 12.1 Å². The lowest BCUT2D eigenvalue weighted by Crippen LogP contribution is -2.46. The minimum absolute atomic E-state index is 0.179. The summed E-state index contributed by atoms with van der Waals surface area (Å²) in [6.45, 7) is 0.287. The van der Waals surface area contributed by atoms with E-state index < -0.39 is 17.6 Å². The van der Waals surface area contributed by atoms with Crippen LogP contribution >= 0.6 is 0 Å². The third-order valence-electron chi connectivity index (χ3n) is 2.82. The average Bonchev–Trinajstić information content (AvgIpc) is 2.38. The summed E-state index contributed by atoms with van der Waals surface area (Å²) in [7, 11) is 0. The highest BCUT2D eigenvalue weighted by molar-refractivity contribution is 6.24. The first kappa shape index (κ1) is 12.0. The molecule has 0 saturated carbocycles. The van der Waals surface area contributed by atoms with Crippen molar-refractivity contribution >= 4 is 17.5 Å². The highest BCUT2D eigenvalue weighted by Crippen LogP contribution is 2.15. The van der Waals surface area contributed by atoms with Crippen LogP contribution in [0.3, 0.4) is 0 Å². The highest BCUT2D eigenvalue weighted by atomic mass is 16.2. The molecule has 18 heavy (non-hydrogen) atoms. The number of carbonyl (C=O) groups is 3. The first-order valence-corrected chi connectivity index (χ1v) is 5.48. The van der Waals surface area contributed by atoms with Gasteiger partial charge in [0.05, 0.1) is 11.6 Å². The molecular formula is C13H10N2O3. The molecule has 1 atom stereocenters. The molecule has 1 heterocycles. The number of piperidine rings is 1. The van der Waals surface area contributed by atoms with Crippen LogP contribution in [0.25, 0.3) is 0 Å². The van der Waals surface area contributed by atoms with Gasteiger partial charge in [-0.3, -0.25) is 14.4 Å². The molecule has 1 fully saturated rings. The van der Waals surface area contributed by atoms with Gasteiger partial charge in [0.25, 0.3) is 0 Å². The molecule has 5 heteroatoms. The molecule has 0 spiro atoms. The zero-order valence-corrected chi connectivity index (χ0v) is 9.47. The van der Waals surface area contributed by atoms with Crippen molar-refractivity contribution in [2.24, 2.45) is 5.92 Å². The number of hydrogen-bond donors (Lipinski definition) is 1. The normalized spacial score (nSPS) is 18.9. The monoisotopic (exact) mass is 242 g/mol. The smallest absolute Gasteiger partial charge is 0.238 e. The molecule has 0 aromatic heterocycles. The van der Waals surface area contributed by atoms with Crippen LogP contribution in [0.1, 0.15) is 22.3 Å². The van der Waals surface area contributed by atoms with Crippen LogP contribution in [0.15, 0.2) is 24.3 Å². The van der Waals surface area contributed by atoms with Gasteiger partial charge in [-0.25, -0.2) is 0 Å². The lowest BCUT2D eigenvalue weighted by molar-refractivity contribution is -0.134. The molecule has 0 aliphatic carbocycles. The van der Waals surface area contributed by atoms with E-state index in [1.54, 1.807) is 0 Å². The van der Waals surface area contributed by atoms with Crippen LogP contribution in [-0.4, -0.2) is 24.0 Å². The lowest BCUT2D eigenvalue weighted by atomic mass is 9.89. The molecule has 1 saturated heterocycles. The topological polar surface area (TPSA) is 87.0 Å². The predicted molar refractivity (Wildman–Crippen MR) is 61.6 cm³/mol. The molecule has 2 rings (SSSR count). The number of nitrogens with zero attached hydrogens (tertiary/aromatic N) is 1. The first-order valence-electron chi connectivity index (χ1n) is 5.48. The summed E-state index contributed by atoms with van der Waals surface area (Å²) >= 11 is 0. The van der Waals surface area contributed by atoms with Crippen LogP contribution in [-0.2, 0) is 9.59 Å².